The molecular formula is C11H13Cl3FNO2. The molecule has 0 spiro atoms. The van der Waals surface area contributed by atoms with Gasteiger partial charge in [-0.1, -0.05) is 29.3 Å². The van der Waals surface area contributed by atoms with Crippen molar-refractivity contribution >= 4 is 41.6 Å². The van der Waals surface area contributed by atoms with Crippen LogP contribution in [-0.4, -0.2) is 18.7 Å². The predicted molar refractivity (Wildman–Crippen MR) is 72.2 cm³/mol. The maximum atomic E-state index is 13.7. The van der Waals surface area contributed by atoms with Gasteiger partial charge in [-0.25, -0.2) is 9.18 Å². The zero-order valence-corrected chi connectivity index (χ0v) is 11.9. The SMILES string of the molecule is CCOC(=O)C(F)[C@@H](N)c1ccc(Cl)cc1Cl.Cl. The van der Waals surface area contributed by atoms with Crippen LogP contribution in [0.3, 0.4) is 0 Å². The highest BCUT2D eigenvalue weighted by Crippen LogP contribution is 2.28. The summed E-state index contributed by atoms with van der Waals surface area (Å²) in [7, 11) is 0. The molecule has 2 atom stereocenters. The minimum Gasteiger partial charge on any atom is -0.464 e. The first kappa shape index (κ1) is 17.4. The number of carbonyl (C=O) groups excluding carboxylic acids is 1. The quantitative estimate of drug-likeness (QED) is 0.867. The molecule has 1 unspecified atom stereocenters. The molecule has 3 nitrogen and oxygen atoms in total. The van der Waals surface area contributed by atoms with E-state index >= 15 is 0 Å². The number of alkyl halides is 1. The van der Waals surface area contributed by atoms with Crippen LogP contribution < -0.4 is 5.73 Å². The van der Waals surface area contributed by atoms with E-state index in [0.29, 0.717) is 10.6 Å². The number of halogens is 4. The molecule has 0 aliphatic carbocycles. The maximum Gasteiger partial charge on any atom is 0.342 e. The van der Waals surface area contributed by atoms with Gasteiger partial charge in [0.05, 0.1) is 12.6 Å². The number of ether oxygens (including phenoxy) is 1. The summed E-state index contributed by atoms with van der Waals surface area (Å²) in [4.78, 5) is 11.2. The van der Waals surface area contributed by atoms with E-state index in [1.54, 1.807) is 6.92 Å². The Kier molecular flexibility index (Phi) is 7.55. The highest BCUT2D eigenvalue weighted by molar-refractivity contribution is 6.35. The highest BCUT2D eigenvalue weighted by atomic mass is 35.5. The molecule has 102 valence electrons. The third kappa shape index (κ3) is 4.28. The van der Waals surface area contributed by atoms with Crippen molar-refractivity contribution in [3.8, 4) is 0 Å². The molecule has 1 rings (SSSR count). The first-order valence-corrected chi connectivity index (χ1v) is 5.74. The average molecular weight is 317 g/mol. The monoisotopic (exact) mass is 315 g/mol. The molecule has 0 radical (unpaired) electrons. The smallest absolute Gasteiger partial charge is 0.342 e. The number of hydrogen-bond acceptors (Lipinski definition) is 3. The molecule has 7 heteroatoms. The van der Waals surface area contributed by atoms with E-state index in [9.17, 15) is 9.18 Å². The van der Waals surface area contributed by atoms with Crippen LogP contribution in [0.1, 0.15) is 18.5 Å². The Morgan fingerprint density at radius 3 is 2.61 bits per heavy atom. The average Bonchev–Trinajstić information content (AvgIpc) is 2.27. The summed E-state index contributed by atoms with van der Waals surface area (Å²) < 4.78 is 18.2. The second-order valence-corrected chi connectivity index (χ2v) is 4.19. The van der Waals surface area contributed by atoms with Crippen molar-refractivity contribution in [2.45, 2.75) is 19.1 Å². The second kappa shape index (κ2) is 7.79. The number of hydrogen-bond donors (Lipinski definition) is 1. The van der Waals surface area contributed by atoms with Crippen LogP contribution >= 0.6 is 35.6 Å². The molecule has 1 aromatic rings. The lowest BCUT2D eigenvalue weighted by atomic mass is 10.0. The van der Waals surface area contributed by atoms with Gasteiger partial charge in [-0.2, -0.15) is 0 Å². The van der Waals surface area contributed by atoms with Crippen molar-refractivity contribution < 1.29 is 13.9 Å². The molecule has 0 aliphatic heterocycles. The maximum absolute atomic E-state index is 13.7. The van der Waals surface area contributed by atoms with Gasteiger partial charge in [0.25, 0.3) is 0 Å². The van der Waals surface area contributed by atoms with Crippen LogP contribution in [-0.2, 0) is 9.53 Å². The summed E-state index contributed by atoms with van der Waals surface area (Å²) in [5.74, 6) is -0.994. The van der Waals surface area contributed by atoms with Crippen LogP contribution in [0.25, 0.3) is 0 Å². The van der Waals surface area contributed by atoms with E-state index in [1.807, 2.05) is 0 Å². The van der Waals surface area contributed by atoms with Crippen LogP contribution in [0.2, 0.25) is 10.0 Å². The minimum atomic E-state index is -1.95. The summed E-state index contributed by atoms with van der Waals surface area (Å²) in [6, 6.07) is 3.29. The van der Waals surface area contributed by atoms with Gasteiger partial charge in [0.2, 0.25) is 6.17 Å². The molecule has 1 aromatic carbocycles. The van der Waals surface area contributed by atoms with Crippen molar-refractivity contribution in [2.75, 3.05) is 6.61 Å². The standard InChI is InChI=1S/C11H12Cl2FNO2.ClH/c1-2-17-11(16)9(14)10(15)7-4-3-6(12)5-8(7)13;/h3-5,9-10H,2,15H2,1H3;1H/t9?,10-;/m0./s1. The van der Waals surface area contributed by atoms with Gasteiger partial charge in [0.1, 0.15) is 0 Å². The lowest BCUT2D eigenvalue weighted by molar-refractivity contribution is -0.149. The molecule has 0 saturated heterocycles. The molecule has 0 amide bonds. The molecule has 0 fully saturated rings. The van der Waals surface area contributed by atoms with E-state index in [0.717, 1.165) is 0 Å². The van der Waals surface area contributed by atoms with Crippen molar-refractivity contribution in [3.05, 3.63) is 33.8 Å². The van der Waals surface area contributed by atoms with Gasteiger partial charge in [-0.05, 0) is 24.6 Å². The van der Waals surface area contributed by atoms with Gasteiger partial charge in [0.15, 0.2) is 0 Å². The topological polar surface area (TPSA) is 52.3 Å². The van der Waals surface area contributed by atoms with Crippen molar-refractivity contribution in [3.63, 3.8) is 0 Å². The molecule has 18 heavy (non-hydrogen) atoms. The molecular weight excluding hydrogens is 303 g/mol. The summed E-state index contributed by atoms with van der Waals surface area (Å²) in [6.45, 7) is 1.69. The molecule has 0 aliphatic rings. The van der Waals surface area contributed by atoms with E-state index < -0.39 is 18.2 Å². The molecule has 2 N–H and O–H groups in total. The van der Waals surface area contributed by atoms with Crippen LogP contribution in [0.15, 0.2) is 18.2 Å². The highest BCUT2D eigenvalue weighted by Gasteiger charge is 2.29. The van der Waals surface area contributed by atoms with E-state index in [4.69, 9.17) is 28.9 Å². The Morgan fingerprint density at radius 1 is 1.50 bits per heavy atom. The van der Waals surface area contributed by atoms with E-state index in [-0.39, 0.29) is 24.0 Å². The third-order valence-corrected chi connectivity index (χ3v) is 2.71. The fourth-order valence-electron chi connectivity index (χ4n) is 1.30. The zero-order valence-electron chi connectivity index (χ0n) is 9.53. The summed E-state index contributed by atoms with van der Waals surface area (Å²) in [6.07, 6.45) is -1.95. The largest absolute Gasteiger partial charge is 0.464 e. The zero-order chi connectivity index (χ0) is 13.0. The van der Waals surface area contributed by atoms with Gasteiger partial charge >= 0.3 is 5.97 Å². The number of carbonyl (C=O) groups is 1. The van der Waals surface area contributed by atoms with Crippen molar-refractivity contribution in [1.82, 2.24) is 0 Å². The molecule has 0 heterocycles. The fourth-order valence-corrected chi connectivity index (χ4v) is 1.83. The van der Waals surface area contributed by atoms with E-state index in [2.05, 4.69) is 4.74 Å². The van der Waals surface area contributed by atoms with Crippen LogP contribution in [0, 0.1) is 0 Å². The van der Waals surface area contributed by atoms with Gasteiger partial charge in [0, 0.05) is 10.0 Å². The molecule has 0 saturated carbocycles. The van der Waals surface area contributed by atoms with Gasteiger partial charge < -0.3 is 10.5 Å². The Balaban J connectivity index is 0.00000289. The van der Waals surface area contributed by atoms with Crippen LogP contribution in [0.5, 0.6) is 0 Å². The number of nitrogens with two attached hydrogens (primary N) is 1. The first-order chi connectivity index (χ1) is 7.97. The van der Waals surface area contributed by atoms with Gasteiger partial charge in [-0.3, -0.25) is 0 Å². The Morgan fingerprint density at radius 2 is 2.11 bits per heavy atom. The first-order valence-electron chi connectivity index (χ1n) is 4.98. The third-order valence-electron chi connectivity index (χ3n) is 2.15. The van der Waals surface area contributed by atoms with Crippen LogP contribution in [0.4, 0.5) is 4.39 Å². The summed E-state index contributed by atoms with van der Waals surface area (Å²) in [5.41, 5.74) is 5.93. The molecule has 0 bridgehead atoms. The Labute approximate surface area is 121 Å². The fraction of sp³-hybridized carbons (Fsp3) is 0.364. The lowest BCUT2D eigenvalue weighted by Gasteiger charge is -2.17. The normalized spacial score (nSPS) is 13.4. The second-order valence-electron chi connectivity index (χ2n) is 3.35. The van der Waals surface area contributed by atoms with Gasteiger partial charge in [-0.15, -0.1) is 12.4 Å². The minimum absolute atomic E-state index is 0. The van der Waals surface area contributed by atoms with Crippen molar-refractivity contribution in [1.29, 1.82) is 0 Å². The number of benzene rings is 1. The number of rotatable bonds is 4. The summed E-state index contributed by atoms with van der Waals surface area (Å²) in [5, 5.41) is 0.634. The van der Waals surface area contributed by atoms with Crippen molar-refractivity contribution in [2.24, 2.45) is 5.73 Å². The lowest BCUT2D eigenvalue weighted by Crippen LogP contribution is -2.31. The Bertz CT molecular complexity index is 417. The number of esters is 1. The molecule has 0 aromatic heterocycles. The predicted octanol–water partition coefficient (Wildman–Crippen LogP) is 3.32. The van der Waals surface area contributed by atoms with E-state index in [1.165, 1.54) is 18.2 Å². The summed E-state index contributed by atoms with van der Waals surface area (Å²) >= 11 is 11.6. The Hall–Kier alpha value is -0.550.